The number of aliphatic hydroxyl groups is 1. The summed E-state index contributed by atoms with van der Waals surface area (Å²) in [6, 6.07) is 3.64. The molecule has 3 rings (SSSR count). The number of aliphatic hydroxyl groups excluding tert-OH is 1. The molecule has 0 bridgehead atoms. The van der Waals surface area contributed by atoms with Gasteiger partial charge in [0.15, 0.2) is 5.65 Å². The maximum Gasteiger partial charge on any atom is 0.327 e. The van der Waals surface area contributed by atoms with E-state index in [9.17, 15) is 14.7 Å². The van der Waals surface area contributed by atoms with Gasteiger partial charge in [-0.1, -0.05) is 13.8 Å². The van der Waals surface area contributed by atoms with Crippen molar-refractivity contribution in [3.8, 4) is 0 Å². The first-order valence-electron chi connectivity index (χ1n) is 8.01. The Morgan fingerprint density at radius 2 is 2.09 bits per heavy atom. The van der Waals surface area contributed by atoms with Gasteiger partial charge >= 0.3 is 5.69 Å². The summed E-state index contributed by atoms with van der Waals surface area (Å²) in [5.41, 5.74) is 1.22. The van der Waals surface area contributed by atoms with E-state index in [4.69, 9.17) is 0 Å². The van der Waals surface area contributed by atoms with Crippen molar-refractivity contribution in [2.24, 2.45) is 5.92 Å². The average molecular weight is 318 g/mol. The van der Waals surface area contributed by atoms with Crippen LogP contribution in [0.5, 0.6) is 0 Å². The number of carbonyl (C=O) groups excluding carboxylic acids is 1. The van der Waals surface area contributed by atoms with Crippen LogP contribution in [-0.2, 0) is 4.79 Å². The van der Waals surface area contributed by atoms with Crippen LogP contribution in [0.3, 0.4) is 0 Å². The molecule has 7 nitrogen and oxygen atoms in total. The van der Waals surface area contributed by atoms with Gasteiger partial charge in [0.25, 0.3) is 5.91 Å². The second-order valence-electron chi connectivity index (χ2n) is 6.42. The highest BCUT2D eigenvalue weighted by molar-refractivity contribution is 5.81. The lowest BCUT2D eigenvalue weighted by atomic mass is 10.0. The lowest BCUT2D eigenvalue weighted by Crippen LogP contribution is -2.46. The van der Waals surface area contributed by atoms with Gasteiger partial charge in [-0.25, -0.2) is 9.78 Å². The predicted molar refractivity (Wildman–Crippen MR) is 86.0 cm³/mol. The van der Waals surface area contributed by atoms with Crippen molar-refractivity contribution in [1.29, 1.82) is 0 Å². The third-order valence-electron chi connectivity index (χ3n) is 4.50. The van der Waals surface area contributed by atoms with E-state index in [1.807, 2.05) is 19.9 Å². The first kappa shape index (κ1) is 15.7. The number of imidazole rings is 1. The van der Waals surface area contributed by atoms with Crippen molar-refractivity contribution < 1.29 is 9.90 Å². The van der Waals surface area contributed by atoms with Crippen molar-refractivity contribution in [3.05, 3.63) is 28.8 Å². The molecule has 124 valence electrons. The molecule has 7 heteroatoms. The van der Waals surface area contributed by atoms with E-state index in [1.165, 1.54) is 0 Å². The molecular formula is C16H22N4O3. The molecule has 1 aliphatic heterocycles. The maximum atomic E-state index is 12.2. The summed E-state index contributed by atoms with van der Waals surface area (Å²) in [5.74, 6) is -0.316. The highest BCUT2D eigenvalue weighted by Crippen LogP contribution is 2.24. The Morgan fingerprint density at radius 1 is 1.39 bits per heavy atom. The molecule has 2 N–H and O–H groups in total. The number of amides is 1. The molecule has 0 aliphatic carbocycles. The monoisotopic (exact) mass is 318 g/mol. The quantitative estimate of drug-likeness (QED) is 0.880. The Balaban J connectivity index is 1.75. The third kappa shape index (κ3) is 2.88. The summed E-state index contributed by atoms with van der Waals surface area (Å²) in [7, 11) is 0. The van der Waals surface area contributed by atoms with Crippen molar-refractivity contribution in [1.82, 2.24) is 19.4 Å². The fraction of sp³-hybridized carbons (Fsp3) is 0.562. The number of H-pyrrole nitrogens is 1. The molecule has 1 fully saturated rings. The highest BCUT2D eigenvalue weighted by Gasteiger charge is 2.30. The predicted octanol–water partition coefficient (Wildman–Crippen LogP) is 0.905. The summed E-state index contributed by atoms with van der Waals surface area (Å²) in [5, 5.41) is 9.92. The molecule has 1 saturated heterocycles. The third-order valence-corrected chi connectivity index (χ3v) is 4.50. The van der Waals surface area contributed by atoms with E-state index in [1.54, 1.807) is 21.7 Å². The lowest BCUT2D eigenvalue weighted by Gasteiger charge is -2.34. The SMILES string of the molecule is CC(C)[C@@H](O)C(=O)N1CCC(n2c(=O)[nH]c3cccnc32)CC1. The number of pyridine rings is 1. The number of hydrogen-bond acceptors (Lipinski definition) is 4. The summed E-state index contributed by atoms with van der Waals surface area (Å²) in [6.45, 7) is 4.73. The number of carbonyl (C=O) groups is 1. The highest BCUT2D eigenvalue weighted by atomic mass is 16.3. The second-order valence-corrected chi connectivity index (χ2v) is 6.42. The molecule has 2 aromatic rings. The van der Waals surface area contributed by atoms with Gasteiger partial charge in [-0.05, 0) is 30.9 Å². The Labute approximate surface area is 133 Å². The average Bonchev–Trinajstić information content (AvgIpc) is 2.89. The second kappa shape index (κ2) is 6.16. The van der Waals surface area contributed by atoms with Gasteiger partial charge in [0.1, 0.15) is 6.10 Å². The standard InChI is InChI=1S/C16H22N4O3/c1-10(2)13(21)15(22)19-8-5-11(6-9-19)20-14-12(18-16(20)23)4-3-7-17-14/h3-4,7,10-11,13,21H,5-6,8-9H2,1-2H3,(H,18,23)/t13-/m1/s1. The molecule has 1 amide bonds. The number of piperidine rings is 1. The van der Waals surface area contributed by atoms with E-state index >= 15 is 0 Å². The molecule has 0 spiro atoms. The van der Waals surface area contributed by atoms with Crippen LogP contribution in [0.4, 0.5) is 0 Å². The summed E-state index contributed by atoms with van der Waals surface area (Å²) >= 11 is 0. The fourth-order valence-electron chi connectivity index (χ4n) is 3.11. The number of aromatic nitrogens is 3. The molecular weight excluding hydrogens is 296 g/mol. The molecule has 0 radical (unpaired) electrons. The molecule has 3 heterocycles. The number of fused-ring (bicyclic) bond motifs is 1. The number of aromatic amines is 1. The van der Waals surface area contributed by atoms with E-state index in [0.717, 1.165) is 5.52 Å². The van der Waals surface area contributed by atoms with Gasteiger partial charge in [-0.3, -0.25) is 9.36 Å². The molecule has 0 aromatic carbocycles. The van der Waals surface area contributed by atoms with Gasteiger partial charge in [-0.2, -0.15) is 0 Å². The van der Waals surface area contributed by atoms with Gasteiger partial charge < -0.3 is 15.0 Å². The van der Waals surface area contributed by atoms with Crippen LogP contribution in [0.15, 0.2) is 23.1 Å². The van der Waals surface area contributed by atoms with Crippen LogP contribution in [0.25, 0.3) is 11.2 Å². The normalized spacial score (nSPS) is 17.8. The largest absolute Gasteiger partial charge is 0.383 e. The minimum absolute atomic E-state index is 0.0198. The minimum Gasteiger partial charge on any atom is -0.383 e. The van der Waals surface area contributed by atoms with Crippen molar-refractivity contribution in [2.45, 2.75) is 38.8 Å². The van der Waals surface area contributed by atoms with E-state index < -0.39 is 6.10 Å². The molecule has 0 saturated carbocycles. The van der Waals surface area contributed by atoms with Crippen LogP contribution < -0.4 is 5.69 Å². The zero-order valence-corrected chi connectivity index (χ0v) is 13.4. The topological polar surface area (TPSA) is 91.2 Å². The van der Waals surface area contributed by atoms with Crippen LogP contribution >= 0.6 is 0 Å². The molecule has 2 aromatic heterocycles. The Kier molecular flexibility index (Phi) is 4.21. The van der Waals surface area contributed by atoms with Crippen LogP contribution in [-0.4, -0.2) is 49.6 Å². The van der Waals surface area contributed by atoms with Crippen LogP contribution in [0.2, 0.25) is 0 Å². The molecule has 23 heavy (non-hydrogen) atoms. The number of likely N-dealkylation sites (tertiary alicyclic amines) is 1. The Bertz CT molecular complexity index is 756. The van der Waals surface area contributed by atoms with E-state index in [0.29, 0.717) is 31.6 Å². The lowest BCUT2D eigenvalue weighted by molar-refractivity contribution is -0.143. The van der Waals surface area contributed by atoms with Crippen molar-refractivity contribution in [2.75, 3.05) is 13.1 Å². The zero-order chi connectivity index (χ0) is 16.6. The summed E-state index contributed by atoms with van der Waals surface area (Å²) in [6.07, 6.45) is 2.08. The number of hydrogen-bond donors (Lipinski definition) is 2. The Hall–Kier alpha value is -2.15. The molecule has 1 aliphatic rings. The van der Waals surface area contributed by atoms with Crippen LogP contribution in [0, 0.1) is 5.92 Å². The van der Waals surface area contributed by atoms with E-state index in [-0.39, 0.29) is 23.6 Å². The van der Waals surface area contributed by atoms with Crippen molar-refractivity contribution in [3.63, 3.8) is 0 Å². The summed E-state index contributed by atoms with van der Waals surface area (Å²) in [4.78, 5) is 33.2. The van der Waals surface area contributed by atoms with Gasteiger partial charge in [0, 0.05) is 25.3 Å². The number of nitrogens with zero attached hydrogens (tertiary/aromatic N) is 3. The zero-order valence-electron chi connectivity index (χ0n) is 13.4. The first-order chi connectivity index (χ1) is 11.0. The van der Waals surface area contributed by atoms with Gasteiger partial charge in [0.05, 0.1) is 5.52 Å². The molecule has 1 atom stereocenters. The van der Waals surface area contributed by atoms with Crippen LogP contribution in [0.1, 0.15) is 32.7 Å². The van der Waals surface area contributed by atoms with Gasteiger partial charge in [0.2, 0.25) is 0 Å². The maximum absolute atomic E-state index is 12.2. The first-order valence-corrected chi connectivity index (χ1v) is 8.01. The number of rotatable bonds is 3. The molecule has 0 unspecified atom stereocenters. The fourth-order valence-corrected chi connectivity index (χ4v) is 3.11. The van der Waals surface area contributed by atoms with E-state index in [2.05, 4.69) is 9.97 Å². The van der Waals surface area contributed by atoms with Gasteiger partial charge in [-0.15, -0.1) is 0 Å². The smallest absolute Gasteiger partial charge is 0.327 e. The Morgan fingerprint density at radius 3 is 2.74 bits per heavy atom. The minimum atomic E-state index is -0.955. The summed E-state index contributed by atoms with van der Waals surface area (Å²) < 4.78 is 1.69. The number of nitrogens with one attached hydrogen (secondary N) is 1. The van der Waals surface area contributed by atoms with Crippen molar-refractivity contribution >= 4 is 17.1 Å².